The van der Waals surface area contributed by atoms with Crippen LogP contribution in [0, 0.1) is 0 Å². The predicted octanol–water partition coefficient (Wildman–Crippen LogP) is 3.50. The van der Waals surface area contributed by atoms with E-state index in [4.69, 9.17) is 9.47 Å². The molecule has 0 bridgehead atoms. The van der Waals surface area contributed by atoms with Crippen LogP contribution in [0.3, 0.4) is 0 Å². The molecule has 0 atom stereocenters. The SMILES string of the molecule is COc1cc(/C=C/C(=O)Oc2cccc(C(C)C)cc2=O)ccc1O. The fraction of sp³-hybridized carbons (Fsp3) is 0.200. The summed E-state index contributed by atoms with van der Waals surface area (Å²) in [5.41, 5.74) is 1.18. The predicted molar refractivity (Wildman–Crippen MR) is 96.1 cm³/mol. The molecule has 0 saturated heterocycles. The highest BCUT2D eigenvalue weighted by molar-refractivity contribution is 5.88. The number of hydrogen-bond donors (Lipinski definition) is 1. The largest absolute Gasteiger partial charge is 0.504 e. The quantitative estimate of drug-likeness (QED) is 0.666. The van der Waals surface area contributed by atoms with Crippen LogP contribution in [0.5, 0.6) is 17.2 Å². The van der Waals surface area contributed by atoms with Crippen molar-refractivity contribution in [1.29, 1.82) is 0 Å². The summed E-state index contributed by atoms with van der Waals surface area (Å²) < 4.78 is 10.1. The molecule has 0 heterocycles. The fourth-order valence-electron chi connectivity index (χ4n) is 2.15. The van der Waals surface area contributed by atoms with Crippen molar-refractivity contribution in [2.24, 2.45) is 0 Å². The lowest BCUT2D eigenvalue weighted by molar-refractivity contribution is -0.128. The van der Waals surface area contributed by atoms with Gasteiger partial charge in [0.05, 0.1) is 7.11 Å². The summed E-state index contributed by atoms with van der Waals surface area (Å²) >= 11 is 0. The van der Waals surface area contributed by atoms with Crippen LogP contribution < -0.4 is 14.9 Å². The van der Waals surface area contributed by atoms with Gasteiger partial charge in [-0.05, 0) is 47.4 Å². The number of carbonyl (C=O) groups excluding carboxylic acids is 1. The molecule has 0 aliphatic carbocycles. The second kappa shape index (κ2) is 8.15. The number of methoxy groups -OCH3 is 1. The van der Waals surface area contributed by atoms with Crippen molar-refractivity contribution in [3.05, 3.63) is 69.9 Å². The minimum atomic E-state index is -0.665. The molecule has 0 amide bonds. The highest BCUT2D eigenvalue weighted by Gasteiger charge is 2.07. The third-order valence-electron chi connectivity index (χ3n) is 3.57. The molecule has 0 saturated carbocycles. The number of phenols is 1. The van der Waals surface area contributed by atoms with E-state index >= 15 is 0 Å². The smallest absolute Gasteiger partial charge is 0.336 e. The van der Waals surface area contributed by atoms with Crippen LogP contribution in [0.25, 0.3) is 6.08 Å². The van der Waals surface area contributed by atoms with E-state index in [1.807, 2.05) is 19.9 Å². The summed E-state index contributed by atoms with van der Waals surface area (Å²) in [6.45, 7) is 3.96. The van der Waals surface area contributed by atoms with Gasteiger partial charge in [0.1, 0.15) is 0 Å². The highest BCUT2D eigenvalue weighted by Crippen LogP contribution is 2.26. The van der Waals surface area contributed by atoms with Crippen molar-refractivity contribution in [3.63, 3.8) is 0 Å². The number of esters is 1. The Morgan fingerprint density at radius 3 is 2.56 bits per heavy atom. The fourth-order valence-corrected chi connectivity index (χ4v) is 2.15. The standard InChI is InChI=1S/C20H20O5/c1-13(2)15-5-4-6-18(17(22)12-15)25-20(23)10-8-14-7-9-16(21)19(11-14)24-3/h4-13,21H,1-3H3/b10-8+. The van der Waals surface area contributed by atoms with E-state index in [0.717, 1.165) is 5.56 Å². The maximum absolute atomic E-state index is 12.1. The summed E-state index contributed by atoms with van der Waals surface area (Å²) in [5, 5.41) is 9.55. The minimum absolute atomic E-state index is 0.0102. The second-order valence-corrected chi connectivity index (χ2v) is 5.74. The number of aromatic hydroxyl groups is 1. The summed E-state index contributed by atoms with van der Waals surface area (Å²) in [6, 6.07) is 11.1. The molecule has 0 unspecified atom stereocenters. The third kappa shape index (κ3) is 4.94. The maximum Gasteiger partial charge on any atom is 0.336 e. The van der Waals surface area contributed by atoms with Gasteiger partial charge < -0.3 is 14.6 Å². The maximum atomic E-state index is 12.1. The molecule has 2 aromatic rings. The van der Waals surface area contributed by atoms with E-state index in [2.05, 4.69) is 0 Å². The van der Waals surface area contributed by atoms with E-state index in [1.165, 1.54) is 37.5 Å². The molecule has 0 aliphatic heterocycles. The van der Waals surface area contributed by atoms with E-state index in [0.29, 0.717) is 11.3 Å². The van der Waals surface area contributed by atoms with Gasteiger partial charge in [0, 0.05) is 6.08 Å². The van der Waals surface area contributed by atoms with Crippen molar-refractivity contribution in [3.8, 4) is 17.2 Å². The third-order valence-corrected chi connectivity index (χ3v) is 3.57. The lowest BCUT2D eigenvalue weighted by atomic mass is 10.1. The van der Waals surface area contributed by atoms with Gasteiger partial charge in [-0.25, -0.2) is 4.79 Å². The Bertz CT molecular complexity index is 853. The summed E-state index contributed by atoms with van der Waals surface area (Å²) in [5.74, 6) is -0.177. The zero-order valence-corrected chi connectivity index (χ0v) is 14.4. The van der Waals surface area contributed by atoms with Gasteiger partial charge in [0.15, 0.2) is 17.2 Å². The molecule has 5 heteroatoms. The first-order valence-electron chi connectivity index (χ1n) is 7.82. The topological polar surface area (TPSA) is 72.8 Å². The minimum Gasteiger partial charge on any atom is -0.504 e. The van der Waals surface area contributed by atoms with E-state index in [-0.39, 0.29) is 22.8 Å². The average Bonchev–Trinajstić information content (AvgIpc) is 2.76. The Morgan fingerprint density at radius 1 is 1.12 bits per heavy atom. The van der Waals surface area contributed by atoms with Gasteiger partial charge >= 0.3 is 5.97 Å². The summed E-state index contributed by atoms with van der Waals surface area (Å²) in [7, 11) is 1.44. The molecule has 1 N–H and O–H groups in total. The van der Waals surface area contributed by atoms with Gasteiger partial charge in [-0.3, -0.25) is 4.79 Å². The Morgan fingerprint density at radius 2 is 1.88 bits per heavy atom. The number of carbonyl (C=O) groups is 1. The molecule has 0 spiro atoms. The molecule has 0 radical (unpaired) electrons. The van der Waals surface area contributed by atoms with Crippen LogP contribution in [0.4, 0.5) is 0 Å². The number of rotatable bonds is 5. The van der Waals surface area contributed by atoms with E-state index < -0.39 is 5.97 Å². The summed E-state index contributed by atoms with van der Waals surface area (Å²) in [4.78, 5) is 24.1. The molecular weight excluding hydrogens is 320 g/mol. The molecular formula is C20H20O5. The Balaban J connectivity index is 2.15. The van der Waals surface area contributed by atoms with Gasteiger partial charge in [0.2, 0.25) is 5.43 Å². The van der Waals surface area contributed by atoms with E-state index in [1.54, 1.807) is 18.2 Å². The number of benzene rings is 1. The second-order valence-electron chi connectivity index (χ2n) is 5.74. The molecule has 0 aromatic heterocycles. The van der Waals surface area contributed by atoms with Crippen molar-refractivity contribution in [1.82, 2.24) is 0 Å². The molecule has 0 fully saturated rings. The first-order chi connectivity index (χ1) is 11.9. The number of phenolic OH excluding ortho intramolecular Hbond substituents is 1. The van der Waals surface area contributed by atoms with Crippen LogP contribution in [-0.4, -0.2) is 18.2 Å². The Labute approximate surface area is 146 Å². The van der Waals surface area contributed by atoms with Gasteiger partial charge in [-0.15, -0.1) is 0 Å². The lowest BCUT2D eigenvalue weighted by Gasteiger charge is -2.03. The highest BCUT2D eigenvalue weighted by atomic mass is 16.5. The normalized spacial score (nSPS) is 10.9. The van der Waals surface area contributed by atoms with Crippen LogP contribution in [0.1, 0.15) is 30.9 Å². The van der Waals surface area contributed by atoms with Crippen LogP contribution in [0.15, 0.2) is 53.3 Å². The molecule has 2 rings (SSSR count). The van der Waals surface area contributed by atoms with Crippen LogP contribution in [-0.2, 0) is 4.79 Å². The first kappa shape index (κ1) is 18.3. The molecule has 25 heavy (non-hydrogen) atoms. The Hall–Kier alpha value is -3.08. The number of ether oxygens (including phenoxy) is 2. The average molecular weight is 340 g/mol. The van der Waals surface area contributed by atoms with Crippen molar-refractivity contribution in [2.75, 3.05) is 7.11 Å². The zero-order valence-electron chi connectivity index (χ0n) is 14.4. The van der Waals surface area contributed by atoms with Gasteiger partial charge in [0.25, 0.3) is 0 Å². The summed E-state index contributed by atoms with van der Waals surface area (Å²) in [6.07, 6.45) is 2.72. The van der Waals surface area contributed by atoms with E-state index in [9.17, 15) is 14.7 Å². The first-order valence-corrected chi connectivity index (χ1v) is 7.82. The van der Waals surface area contributed by atoms with Gasteiger partial charge in [-0.1, -0.05) is 32.0 Å². The van der Waals surface area contributed by atoms with Gasteiger partial charge in [-0.2, -0.15) is 0 Å². The van der Waals surface area contributed by atoms with Crippen LogP contribution >= 0.6 is 0 Å². The molecule has 0 aliphatic rings. The zero-order chi connectivity index (χ0) is 18.4. The van der Waals surface area contributed by atoms with Crippen molar-refractivity contribution in [2.45, 2.75) is 19.8 Å². The lowest BCUT2D eigenvalue weighted by Crippen LogP contribution is -2.10. The Kier molecular flexibility index (Phi) is 5.95. The molecule has 5 nitrogen and oxygen atoms in total. The monoisotopic (exact) mass is 340 g/mol. The van der Waals surface area contributed by atoms with Crippen molar-refractivity contribution < 1.29 is 19.4 Å². The molecule has 2 aromatic carbocycles. The molecule has 130 valence electrons. The number of hydrogen-bond acceptors (Lipinski definition) is 5. The van der Waals surface area contributed by atoms with Crippen molar-refractivity contribution >= 4 is 12.0 Å². The van der Waals surface area contributed by atoms with Crippen LogP contribution in [0.2, 0.25) is 0 Å².